The molecular weight excluding hydrogens is 286 g/mol. The van der Waals surface area contributed by atoms with Gasteiger partial charge in [-0.25, -0.2) is 8.78 Å². The van der Waals surface area contributed by atoms with Gasteiger partial charge >= 0.3 is 0 Å². The number of carbonyl (C=O) groups excluding carboxylic acids is 1. The fourth-order valence-electron chi connectivity index (χ4n) is 1.57. The van der Waals surface area contributed by atoms with E-state index >= 15 is 0 Å². The van der Waals surface area contributed by atoms with Gasteiger partial charge in [0.05, 0.1) is 0 Å². The van der Waals surface area contributed by atoms with Gasteiger partial charge in [0.15, 0.2) is 0 Å². The molecule has 1 atom stereocenters. The number of anilines is 1. The van der Waals surface area contributed by atoms with Gasteiger partial charge in [-0.05, 0) is 19.1 Å². The second-order valence-electron chi connectivity index (χ2n) is 4.03. The van der Waals surface area contributed by atoms with Gasteiger partial charge in [-0.2, -0.15) is 0 Å². The molecule has 0 heterocycles. The molecule has 0 aliphatic carbocycles. The summed E-state index contributed by atoms with van der Waals surface area (Å²) in [5.74, 6) is -1.37. The minimum atomic E-state index is -0.988. The number of halogens is 2. The van der Waals surface area contributed by atoms with Gasteiger partial charge in [0.1, 0.15) is 17.3 Å². The Morgan fingerprint density at radius 1 is 1.25 bits per heavy atom. The maximum absolute atomic E-state index is 13.6. The molecule has 1 aromatic carbocycles. The largest absolute Gasteiger partial charge is 0.381 e. The van der Waals surface area contributed by atoms with Crippen LogP contribution in [0, 0.1) is 11.6 Å². The zero-order valence-corrected chi connectivity index (χ0v) is 12.3. The zero-order valence-electron chi connectivity index (χ0n) is 11.5. The van der Waals surface area contributed by atoms with Gasteiger partial charge in [-0.15, -0.1) is 0 Å². The van der Waals surface area contributed by atoms with Gasteiger partial charge in [0.2, 0.25) is 0 Å². The van der Waals surface area contributed by atoms with Crippen molar-refractivity contribution in [3.8, 4) is 0 Å². The summed E-state index contributed by atoms with van der Waals surface area (Å²) >= 11 is 0. The van der Waals surface area contributed by atoms with Crippen LogP contribution in [0.1, 0.15) is 24.2 Å². The number of hydrogen-bond acceptors (Lipinski definition) is 3. The van der Waals surface area contributed by atoms with Crippen molar-refractivity contribution in [1.82, 2.24) is 5.32 Å². The van der Waals surface area contributed by atoms with E-state index in [1.165, 1.54) is 0 Å². The van der Waals surface area contributed by atoms with E-state index in [4.69, 9.17) is 0 Å². The molecule has 0 fully saturated rings. The van der Waals surface area contributed by atoms with Gasteiger partial charge in [-0.1, -0.05) is 6.92 Å². The van der Waals surface area contributed by atoms with E-state index < -0.39 is 28.3 Å². The minimum absolute atomic E-state index is 0.0936. The van der Waals surface area contributed by atoms with E-state index in [0.29, 0.717) is 18.1 Å². The fourth-order valence-corrected chi connectivity index (χ4v) is 2.19. The predicted octanol–water partition coefficient (Wildman–Crippen LogP) is 1.90. The van der Waals surface area contributed by atoms with E-state index in [1.807, 2.05) is 0 Å². The molecule has 112 valence electrons. The molecule has 0 saturated carbocycles. The normalized spacial score (nSPS) is 12.0. The van der Waals surface area contributed by atoms with Crippen molar-refractivity contribution in [3.05, 3.63) is 29.3 Å². The Hall–Kier alpha value is -1.50. The molecule has 0 bridgehead atoms. The lowest BCUT2D eigenvalue weighted by molar-refractivity contribution is 0.0955. The van der Waals surface area contributed by atoms with Crippen molar-refractivity contribution in [2.45, 2.75) is 13.8 Å². The fraction of sp³-hybridized carbons (Fsp3) is 0.462. The summed E-state index contributed by atoms with van der Waals surface area (Å²) in [6.07, 6.45) is 0. The Morgan fingerprint density at radius 2 is 1.85 bits per heavy atom. The molecule has 7 heteroatoms. The number of amides is 1. The first-order valence-electron chi connectivity index (χ1n) is 6.35. The third kappa shape index (κ3) is 4.56. The Balaban J connectivity index is 2.72. The Morgan fingerprint density at radius 3 is 2.35 bits per heavy atom. The number of nitrogens with one attached hydrogen (secondary N) is 2. The average molecular weight is 304 g/mol. The highest BCUT2D eigenvalue weighted by atomic mass is 32.2. The number of carbonyl (C=O) groups is 1. The highest BCUT2D eigenvalue weighted by Crippen LogP contribution is 2.20. The summed E-state index contributed by atoms with van der Waals surface area (Å²) in [5, 5.41) is 5.04. The van der Waals surface area contributed by atoms with Crippen molar-refractivity contribution in [2.75, 3.05) is 29.9 Å². The molecule has 4 nitrogen and oxygen atoms in total. The Bertz CT molecular complexity index is 486. The van der Waals surface area contributed by atoms with Crippen LogP contribution in [0.3, 0.4) is 0 Å². The summed E-state index contributed by atoms with van der Waals surface area (Å²) in [5.41, 5.74) is -0.333. The molecule has 0 spiro atoms. The average Bonchev–Trinajstić information content (AvgIpc) is 2.42. The second-order valence-corrected chi connectivity index (χ2v) is 5.90. The summed E-state index contributed by atoms with van der Waals surface area (Å²) < 4.78 is 38.5. The Labute approximate surface area is 119 Å². The van der Waals surface area contributed by atoms with Gasteiger partial charge in [-0.3, -0.25) is 9.00 Å². The van der Waals surface area contributed by atoms with Crippen LogP contribution in [0.4, 0.5) is 14.5 Å². The summed E-state index contributed by atoms with van der Waals surface area (Å²) in [4.78, 5) is 11.7. The lowest BCUT2D eigenvalue weighted by atomic mass is 10.1. The molecule has 0 aliphatic heterocycles. The lowest BCUT2D eigenvalue weighted by Gasteiger charge is -2.09. The van der Waals surface area contributed by atoms with Crippen LogP contribution >= 0.6 is 0 Å². The zero-order chi connectivity index (χ0) is 15.1. The topological polar surface area (TPSA) is 58.2 Å². The van der Waals surface area contributed by atoms with Gasteiger partial charge in [0, 0.05) is 41.0 Å². The molecule has 1 rings (SSSR count). The van der Waals surface area contributed by atoms with Crippen LogP contribution in [0.2, 0.25) is 0 Å². The van der Waals surface area contributed by atoms with Crippen LogP contribution in [-0.4, -0.2) is 34.7 Å². The molecule has 20 heavy (non-hydrogen) atoms. The van der Waals surface area contributed by atoms with Crippen LogP contribution in [0.15, 0.2) is 12.1 Å². The number of hydrogen-bond donors (Lipinski definition) is 2. The minimum Gasteiger partial charge on any atom is -0.381 e. The predicted molar refractivity (Wildman–Crippen MR) is 76.4 cm³/mol. The summed E-state index contributed by atoms with van der Waals surface area (Å²) in [7, 11) is -0.988. The third-order valence-electron chi connectivity index (χ3n) is 2.60. The quantitative estimate of drug-likeness (QED) is 0.809. The molecule has 2 N–H and O–H groups in total. The molecule has 0 aromatic heterocycles. The van der Waals surface area contributed by atoms with Crippen LogP contribution in [0.5, 0.6) is 0 Å². The first-order valence-corrected chi connectivity index (χ1v) is 7.84. The molecule has 0 radical (unpaired) electrons. The van der Waals surface area contributed by atoms with Crippen molar-refractivity contribution >= 4 is 22.4 Å². The lowest BCUT2D eigenvalue weighted by Crippen LogP contribution is -2.28. The molecule has 0 aliphatic rings. The standard InChI is InChI=1S/C13H18F2N2O2S/c1-3-16-12-10(14)7-9(8-11(12)15)13(18)17-5-6-20(19)4-2/h7-8,16H,3-6H2,1-2H3,(H,17,18). The van der Waals surface area contributed by atoms with E-state index in [9.17, 15) is 17.8 Å². The van der Waals surface area contributed by atoms with Crippen molar-refractivity contribution in [1.29, 1.82) is 0 Å². The SMILES string of the molecule is CCNc1c(F)cc(C(=O)NCCS(=O)CC)cc1F. The first kappa shape index (κ1) is 16.6. The molecule has 1 unspecified atom stereocenters. The van der Waals surface area contributed by atoms with Crippen LogP contribution in [0.25, 0.3) is 0 Å². The summed E-state index contributed by atoms with van der Waals surface area (Å²) in [6, 6.07) is 1.96. The monoisotopic (exact) mass is 304 g/mol. The molecule has 1 aromatic rings. The van der Waals surface area contributed by atoms with Crippen LogP contribution < -0.4 is 10.6 Å². The van der Waals surface area contributed by atoms with Gasteiger partial charge < -0.3 is 10.6 Å². The number of benzene rings is 1. The molecule has 0 saturated heterocycles. The highest BCUT2D eigenvalue weighted by Gasteiger charge is 2.14. The van der Waals surface area contributed by atoms with E-state index in [2.05, 4.69) is 10.6 Å². The maximum atomic E-state index is 13.6. The Kier molecular flexibility index (Phi) is 6.57. The van der Waals surface area contributed by atoms with Crippen molar-refractivity contribution in [2.24, 2.45) is 0 Å². The van der Waals surface area contributed by atoms with Crippen molar-refractivity contribution in [3.63, 3.8) is 0 Å². The number of rotatable bonds is 7. The molecule has 1 amide bonds. The van der Waals surface area contributed by atoms with E-state index in [-0.39, 0.29) is 17.8 Å². The van der Waals surface area contributed by atoms with E-state index in [1.54, 1.807) is 13.8 Å². The van der Waals surface area contributed by atoms with E-state index in [0.717, 1.165) is 12.1 Å². The first-order chi connectivity index (χ1) is 9.49. The highest BCUT2D eigenvalue weighted by molar-refractivity contribution is 7.84. The summed E-state index contributed by atoms with van der Waals surface area (Å²) in [6.45, 7) is 4.08. The third-order valence-corrected chi connectivity index (χ3v) is 3.90. The second kappa shape index (κ2) is 7.94. The van der Waals surface area contributed by atoms with Crippen molar-refractivity contribution < 1.29 is 17.8 Å². The smallest absolute Gasteiger partial charge is 0.251 e. The maximum Gasteiger partial charge on any atom is 0.251 e. The molecular formula is C13H18F2N2O2S. The van der Waals surface area contributed by atoms with Crippen LogP contribution in [-0.2, 0) is 10.8 Å². The van der Waals surface area contributed by atoms with Gasteiger partial charge in [0.25, 0.3) is 5.91 Å².